The highest BCUT2D eigenvalue weighted by atomic mass is 79.9. The third-order valence-corrected chi connectivity index (χ3v) is 7.20. The number of hydrogen-bond donors (Lipinski definition) is 2. The number of H-pyrrole nitrogens is 1. The maximum Gasteiger partial charge on any atom is 0.407 e. The topological polar surface area (TPSA) is 83.7 Å². The number of rotatable bonds is 6. The van der Waals surface area contributed by atoms with Crippen molar-refractivity contribution in [3.63, 3.8) is 0 Å². The summed E-state index contributed by atoms with van der Waals surface area (Å²) in [6.07, 6.45) is 3.90. The molecule has 7 nitrogen and oxygen atoms in total. The number of nitrogens with zero attached hydrogens (tertiary/aromatic N) is 1. The van der Waals surface area contributed by atoms with Crippen LogP contribution in [0.3, 0.4) is 0 Å². The van der Waals surface area contributed by atoms with E-state index in [1.807, 2.05) is 4.90 Å². The Balaban J connectivity index is 1.66. The largest absolute Gasteiger partial charge is 0.453 e. The molecule has 32 heavy (non-hydrogen) atoms. The van der Waals surface area contributed by atoms with Gasteiger partial charge in [0.05, 0.1) is 19.3 Å². The number of hydrogen-bond acceptors (Lipinski definition) is 4. The van der Waals surface area contributed by atoms with Gasteiger partial charge in [-0.3, -0.25) is 4.79 Å². The molecule has 4 rings (SSSR count). The molecule has 2 N–H and O–H groups in total. The number of amides is 2. The molecule has 0 unspecified atom stereocenters. The number of aromatic amines is 1. The van der Waals surface area contributed by atoms with Crippen molar-refractivity contribution in [3.05, 3.63) is 45.6 Å². The molecule has 2 amide bonds. The quantitative estimate of drug-likeness (QED) is 0.613. The summed E-state index contributed by atoms with van der Waals surface area (Å²) in [4.78, 5) is 31.0. The van der Waals surface area contributed by atoms with Crippen molar-refractivity contribution < 1.29 is 19.1 Å². The van der Waals surface area contributed by atoms with Gasteiger partial charge in [0.1, 0.15) is 6.04 Å². The third-order valence-electron chi connectivity index (χ3n) is 6.67. The van der Waals surface area contributed by atoms with E-state index in [-0.39, 0.29) is 11.9 Å². The van der Waals surface area contributed by atoms with Crippen LogP contribution in [0, 0.1) is 0 Å². The summed E-state index contributed by atoms with van der Waals surface area (Å²) in [7, 11) is 2.83. The average molecular weight is 504 g/mol. The van der Waals surface area contributed by atoms with Crippen LogP contribution in [0.25, 0.3) is 11.3 Å². The summed E-state index contributed by atoms with van der Waals surface area (Å²) >= 11 is 3.51. The zero-order valence-corrected chi connectivity index (χ0v) is 20.3. The number of alkyl carbamates (subject to hydrolysis) is 1. The molecule has 1 fully saturated rings. The zero-order valence-electron chi connectivity index (χ0n) is 18.7. The van der Waals surface area contributed by atoms with E-state index in [1.165, 1.54) is 25.3 Å². The smallest absolute Gasteiger partial charge is 0.407 e. The molecular weight excluding hydrogens is 474 g/mol. The molecule has 2 aliphatic rings. The molecule has 1 saturated heterocycles. The number of methoxy groups -OCH3 is 2. The average Bonchev–Trinajstić information content (AvgIpc) is 3.53. The van der Waals surface area contributed by atoms with Crippen LogP contribution in [0.5, 0.6) is 0 Å². The number of likely N-dealkylation sites (tertiary alicyclic amines) is 1. The molecule has 1 aromatic heterocycles. The van der Waals surface area contributed by atoms with E-state index in [0.717, 1.165) is 53.5 Å². The van der Waals surface area contributed by atoms with E-state index in [4.69, 9.17) is 9.47 Å². The predicted molar refractivity (Wildman–Crippen MR) is 125 cm³/mol. The Kier molecular flexibility index (Phi) is 6.90. The molecule has 0 saturated carbocycles. The van der Waals surface area contributed by atoms with Crippen LogP contribution < -0.4 is 5.32 Å². The van der Waals surface area contributed by atoms with Gasteiger partial charge in [-0.2, -0.15) is 0 Å². The van der Waals surface area contributed by atoms with Crippen molar-refractivity contribution in [1.29, 1.82) is 0 Å². The lowest BCUT2D eigenvalue weighted by molar-refractivity contribution is -0.137. The predicted octanol–water partition coefficient (Wildman–Crippen LogP) is 4.36. The second-order valence-electron chi connectivity index (χ2n) is 8.48. The van der Waals surface area contributed by atoms with E-state index < -0.39 is 18.2 Å². The fraction of sp³-hybridized carbons (Fsp3) is 0.500. The summed E-state index contributed by atoms with van der Waals surface area (Å²) in [6, 6.07) is 7.50. The fourth-order valence-electron chi connectivity index (χ4n) is 4.96. The van der Waals surface area contributed by atoms with Gasteiger partial charge in [0, 0.05) is 29.5 Å². The van der Waals surface area contributed by atoms with E-state index in [9.17, 15) is 9.59 Å². The third kappa shape index (κ3) is 4.30. The lowest BCUT2D eigenvalue weighted by Crippen LogP contribution is -2.54. The highest BCUT2D eigenvalue weighted by molar-refractivity contribution is 9.10. The minimum atomic E-state index is -0.804. The van der Waals surface area contributed by atoms with Crippen molar-refractivity contribution in [2.24, 2.45) is 0 Å². The summed E-state index contributed by atoms with van der Waals surface area (Å²) in [5, 5.41) is 2.66. The number of benzene rings is 1. The van der Waals surface area contributed by atoms with Crippen LogP contribution in [0.15, 0.2) is 28.7 Å². The van der Waals surface area contributed by atoms with Crippen molar-refractivity contribution in [2.45, 2.75) is 57.2 Å². The zero-order chi connectivity index (χ0) is 22.8. The van der Waals surface area contributed by atoms with E-state index in [2.05, 4.69) is 50.5 Å². The number of fused-ring (bicyclic) bond motifs is 1. The van der Waals surface area contributed by atoms with Crippen LogP contribution in [0.4, 0.5) is 4.79 Å². The van der Waals surface area contributed by atoms with Gasteiger partial charge in [0.15, 0.2) is 0 Å². The molecule has 8 heteroatoms. The first-order valence-corrected chi connectivity index (χ1v) is 11.9. The minimum absolute atomic E-state index is 0.0375. The first-order chi connectivity index (χ1) is 15.4. The Hall–Kier alpha value is -2.32. The van der Waals surface area contributed by atoms with E-state index in [0.29, 0.717) is 6.54 Å². The summed E-state index contributed by atoms with van der Waals surface area (Å²) < 4.78 is 11.2. The molecule has 1 aliphatic carbocycles. The molecular formula is C24H30BrN3O4. The highest BCUT2D eigenvalue weighted by Crippen LogP contribution is 2.42. The van der Waals surface area contributed by atoms with E-state index >= 15 is 0 Å². The molecule has 2 heterocycles. The number of carbonyl (C=O) groups is 2. The molecule has 1 aromatic carbocycles. The lowest BCUT2D eigenvalue weighted by Gasteiger charge is -2.31. The molecule has 172 valence electrons. The van der Waals surface area contributed by atoms with Crippen LogP contribution >= 0.6 is 15.9 Å². The standard InChI is InChI=1S/C24H30BrN3O4/c1-14(31-2)20(27-24(30)32-3)23(29)28-13-5-8-19(28)22-18-7-4-6-17(18)21(26-22)15-9-11-16(25)12-10-15/h9-12,14,19-20,26H,4-8,13H2,1-3H3,(H,27,30)/t14-,19+,20+/m1/s1. The molecule has 3 atom stereocenters. The van der Waals surface area contributed by atoms with E-state index in [1.54, 1.807) is 6.92 Å². The Bertz CT molecular complexity index is 988. The van der Waals surface area contributed by atoms with Gasteiger partial charge in [-0.1, -0.05) is 28.1 Å². The van der Waals surface area contributed by atoms with Gasteiger partial charge in [-0.05, 0) is 67.9 Å². The highest BCUT2D eigenvalue weighted by Gasteiger charge is 2.40. The second-order valence-corrected chi connectivity index (χ2v) is 9.39. The minimum Gasteiger partial charge on any atom is -0.453 e. The van der Waals surface area contributed by atoms with Crippen LogP contribution in [0.2, 0.25) is 0 Å². The number of nitrogens with one attached hydrogen (secondary N) is 2. The lowest BCUT2D eigenvalue weighted by atomic mass is 10.0. The second kappa shape index (κ2) is 9.67. The first kappa shape index (κ1) is 22.9. The summed E-state index contributed by atoms with van der Waals surface area (Å²) in [5.41, 5.74) is 6.18. The first-order valence-electron chi connectivity index (χ1n) is 11.1. The normalized spacial score (nSPS) is 19.5. The molecule has 0 radical (unpaired) electrons. The maximum atomic E-state index is 13.6. The van der Waals surface area contributed by atoms with Crippen LogP contribution in [-0.4, -0.2) is 54.8 Å². The SMILES string of the molecule is COC(=O)N[C@H](C(=O)N1CCC[C@H]1c1[nH]c(-c2ccc(Br)cc2)c2c1CCC2)[C@@H](C)OC. The number of ether oxygens (including phenoxy) is 2. The molecule has 2 aromatic rings. The van der Waals surface area contributed by atoms with Gasteiger partial charge in [-0.15, -0.1) is 0 Å². The Morgan fingerprint density at radius 3 is 2.56 bits per heavy atom. The Morgan fingerprint density at radius 2 is 1.88 bits per heavy atom. The Morgan fingerprint density at radius 1 is 1.16 bits per heavy atom. The summed E-state index contributed by atoms with van der Waals surface area (Å²) in [6.45, 7) is 2.43. The van der Waals surface area contributed by atoms with Crippen LogP contribution in [-0.2, 0) is 27.1 Å². The number of carbonyl (C=O) groups excluding carboxylic acids is 2. The molecule has 0 bridgehead atoms. The molecule has 0 spiro atoms. The van der Waals surface area contributed by atoms with Gasteiger partial charge in [0.25, 0.3) is 0 Å². The fourth-order valence-corrected chi connectivity index (χ4v) is 5.23. The number of aromatic nitrogens is 1. The van der Waals surface area contributed by atoms with Crippen molar-refractivity contribution in [2.75, 3.05) is 20.8 Å². The van der Waals surface area contributed by atoms with Gasteiger partial charge in [-0.25, -0.2) is 4.79 Å². The van der Waals surface area contributed by atoms with Gasteiger partial charge in [0.2, 0.25) is 5.91 Å². The Labute approximate surface area is 197 Å². The number of halogens is 1. The van der Waals surface area contributed by atoms with Gasteiger partial charge < -0.3 is 24.7 Å². The van der Waals surface area contributed by atoms with Crippen molar-refractivity contribution in [3.8, 4) is 11.3 Å². The monoisotopic (exact) mass is 503 g/mol. The maximum absolute atomic E-state index is 13.6. The van der Waals surface area contributed by atoms with Crippen LogP contribution in [0.1, 0.15) is 49.0 Å². The molecule has 1 aliphatic heterocycles. The van der Waals surface area contributed by atoms with Crippen molar-refractivity contribution in [1.82, 2.24) is 15.2 Å². The summed E-state index contributed by atoms with van der Waals surface area (Å²) in [5.74, 6) is -0.140. The van der Waals surface area contributed by atoms with Gasteiger partial charge >= 0.3 is 6.09 Å². The van der Waals surface area contributed by atoms with Crippen molar-refractivity contribution >= 4 is 27.9 Å².